The van der Waals surface area contributed by atoms with Crippen LogP contribution in [0.1, 0.15) is 25.0 Å². The van der Waals surface area contributed by atoms with Gasteiger partial charge in [-0.2, -0.15) is 13.2 Å². The van der Waals surface area contributed by atoms with Gasteiger partial charge in [-0.1, -0.05) is 12.1 Å². The second kappa shape index (κ2) is 6.42. The van der Waals surface area contributed by atoms with Gasteiger partial charge in [0.15, 0.2) is 0 Å². The van der Waals surface area contributed by atoms with Gasteiger partial charge in [-0.15, -0.1) is 0 Å². The predicted molar refractivity (Wildman–Crippen MR) is 64.8 cm³/mol. The number of nitrogens with one attached hydrogen (secondary N) is 2. The minimum absolute atomic E-state index is 0.405. The predicted octanol–water partition coefficient (Wildman–Crippen LogP) is 2.81. The van der Waals surface area contributed by atoms with Crippen LogP contribution in [0.3, 0.4) is 0 Å². The van der Waals surface area contributed by atoms with Gasteiger partial charge in [0.05, 0.1) is 12.5 Å². The molecule has 3 N–H and O–H groups in total. The number of halogens is 3. The fourth-order valence-electron chi connectivity index (χ4n) is 1.37. The van der Waals surface area contributed by atoms with E-state index in [0.717, 1.165) is 0 Å². The molecule has 0 fully saturated rings. The van der Waals surface area contributed by atoms with Crippen molar-refractivity contribution in [3.8, 4) is 0 Å². The van der Waals surface area contributed by atoms with Crippen molar-refractivity contribution in [1.29, 1.82) is 0 Å². The number of hydrogen-bond acceptors (Lipinski definition) is 2. The molecule has 0 bridgehead atoms. The number of urea groups is 1. The average molecular weight is 276 g/mol. The Morgan fingerprint density at radius 3 is 2.68 bits per heavy atom. The SMILES string of the molecule is CC(O)c1cccc(NC(=O)NCCC(F)(F)F)c1. The number of amides is 2. The molecule has 0 aromatic heterocycles. The quantitative estimate of drug-likeness (QED) is 0.792. The minimum atomic E-state index is -4.29. The summed E-state index contributed by atoms with van der Waals surface area (Å²) in [6.07, 6.45) is -6.05. The van der Waals surface area contributed by atoms with E-state index < -0.39 is 31.3 Å². The lowest BCUT2D eigenvalue weighted by Crippen LogP contribution is -2.31. The largest absolute Gasteiger partial charge is 0.390 e. The molecule has 1 rings (SSSR count). The summed E-state index contributed by atoms with van der Waals surface area (Å²) in [5.74, 6) is 0. The average Bonchev–Trinajstić information content (AvgIpc) is 2.27. The fourth-order valence-corrected chi connectivity index (χ4v) is 1.37. The summed E-state index contributed by atoms with van der Waals surface area (Å²) in [6.45, 7) is 1.09. The van der Waals surface area contributed by atoms with Crippen LogP contribution in [0.25, 0.3) is 0 Å². The van der Waals surface area contributed by atoms with Crippen LogP contribution in [0.2, 0.25) is 0 Å². The molecule has 1 aromatic rings. The van der Waals surface area contributed by atoms with Gasteiger partial charge in [0, 0.05) is 12.2 Å². The maximum atomic E-state index is 11.9. The van der Waals surface area contributed by atoms with Crippen molar-refractivity contribution < 1.29 is 23.1 Å². The summed E-state index contributed by atoms with van der Waals surface area (Å²) in [5.41, 5.74) is 1.01. The highest BCUT2D eigenvalue weighted by Gasteiger charge is 2.26. The summed E-state index contributed by atoms with van der Waals surface area (Å²) < 4.78 is 35.6. The molecule has 1 unspecified atom stereocenters. The molecule has 0 heterocycles. The molecule has 0 aliphatic carbocycles. The number of carbonyl (C=O) groups is 1. The number of benzene rings is 1. The topological polar surface area (TPSA) is 61.4 Å². The van der Waals surface area contributed by atoms with Crippen LogP contribution in [0, 0.1) is 0 Å². The second-order valence-corrected chi connectivity index (χ2v) is 4.05. The van der Waals surface area contributed by atoms with E-state index in [9.17, 15) is 23.1 Å². The minimum Gasteiger partial charge on any atom is -0.389 e. The second-order valence-electron chi connectivity index (χ2n) is 4.05. The van der Waals surface area contributed by atoms with Gasteiger partial charge in [0.1, 0.15) is 0 Å². The Morgan fingerprint density at radius 2 is 2.11 bits per heavy atom. The van der Waals surface area contributed by atoms with Crippen LogP contribution in [-0.4, -0.2) is 23.9 Å². The molecule has 0 aliphatic heterocycles. The van der Waals surface area contributed by atoms with Gasteiger partial charge in [0.25, 0.3) is 0 Å². The van der Waals surface area contributed by atoms with Crippen molar-refractivity contribution in [2.75, 3.05) is 11.9 Å². The van der Waals surface area contributed by atoms with Crippen LogP contribution in [0.5, 0.6) is 0 Å². The maximum absolute atomic E-state index is 11.9. The maximum Gasteiger partial charge on any atom is 0.390 e. The van der Waals surface area contributed by atoms with E-state index in [1.807, 2.05) is 0 Å². The zero-order valence-corrected chi connectivity index (χ0v) is 10.3. The van der Waals surface area contributed by atoms with Crippen LogP contribution in [0.15, 0.2) is 24.3 Å². The van der Waals surface area contributed by atoms with E-state index in [1.165, 1.54) is 0 Å². The summed E-state index contributed by atoms with van der Waals surface area (Å²) >= 11 is 0. The van der Waals surface area contributed by atoms with Gasteiger partial charge in [0.2, 0.25) is 0 Å². The van der Waals surface area contributed by atoms with Crippen LogP contribution >= 0.6 is 0 Å². The molecule has 4 nitrogen and oxygen atoms in total. The monoisotopic (exact) mass is 276 g/mol. The summed E-state index contributed by atoms with van der Waals surface area (Å²) in [4.78, 5) is 11.3. The Labute approximate surface area is 108 Å². The zero-order valence-electron chi connectivity index (χ0n) is 10.3. The van der Waals surface area contributed by atoms with Crippen LogP contribution in [-0.2, 0) is 0 Å². The lowest BCUT2D eigenvalue weighted by atomic mass is 10.1. The van der Waals surface area contributed by atoms with Crippen LogP contribution in [0.4, 0.5) is 23.7 Å². The number of hydrogen-bond donors (Lipinski definition) is 3. The van der Waals surface area contributed by atoms with Crippen molar-refractivity contribution in [2.24, 2.45) is 0 Å². The molecule has 1 aromatic carbocycles. The van der Waals surface area contributed by atoms with Crippen molar-refractivity contribution in [1.82, 2.24) is 5.32 Å². The molecule has 19 heavy (non-hydrogen) atoms. The molecule has 1 atom stereocenters. The molecule has 0 aliphatic rings. The molecule has 0 saturated heterocycles. The first-order valence-corrected chi connectivity index (χ1v) is 5.67. The molecule has 2 amide bonds. The Balaban J connectivity index is 2.46. The molecule has 0 saturated carbocycles. The standard InChI is InChI=1S/C12H15F3N2O2/c1-8(18)9-3-2-4-10(7-9)17-11(19)16-6-5-12(13,14)15/h2-4,7-8,18H,5-6H2,1H3,(H2,16,17,19). The van der Waals surface area contributed by atoms with E-state index in [1.54, 1.807) is 31.2 Å². The van der Waals surface area contributed by atoms with E-state index in [-0.39, 0.29) is 0 Å². The van der Waals surface area contributed by atoms with Gasteiger partial charge in [-0.05, 0) is 24.6 Å². The Hall–Kier alpha value is -1.76. The highest BCUT2D eigenvalue weighted by molar-refractivity contribution is 5.89. The molecular weight excluding hydrogens is 261 g/mol. The summed E-state index contributed by atoms with van der Waals surface area (Å²) in [7, 11) is 0. The van der Waals surface area contributed by atoms with Gasteiger partial charge in [-0.3, -0.25) is 0 Å². The molecular formula is C12H15F3N2O2. The van der Waals surface area contributed by atoms with E-state index in [2.05, 4.69) is 10.6 Å². The number of aliphatic hydroxyl groups excluding tert-OH is 1. The molecule has 0 spiro atoms. The first-order chi connectivity index (χ1) is 8.78. The zero-order chi connectivity index (χ0) is 14.5. The van der Waals surface area contributed by atoms with Crippen LogP contribution < -0.4 is 10.6 Å². The summed E-state index contributed by atoms with van der Waals surface area (Å²) in [6, 6.07) is 5.72. The van der Waals surface area contributed by atoms with Gasteiger partial charge in [-0.25, -0.2) is 4.79 Å². The molecule has 7 heteroatoms. The molecule has 106 valence electrons. The van der Waals surface area contributed by atoms with Gasteiger partial charge >= 0.3 is 12.2 Å². The number of aliphatic hydroxyl groups is 1. The third kappa shape index (κ3) is 6.10. The van der Waals surface area contributed by atoms with Crippen molar-refractivity contribution in [3.63, 3.8) is 0 Å². The smallest absolute Gasteiger partial charge is 0.389 e. The Bertz CT molecular complexity index is 433. The normalized spacial score (nSPS) is 12.9. The van der Waals surface area contributed by atoms with Crippen molar-refractivity contribution in [3.05, 3.63) is 29.8 Å². The lowest BCUT2D eigenvalue weighted by molar-refractivity contribution is -0.132. The fraction of sp³-hybridized carbons (Fsp3) is 0.417. The van der Waals surface area contributed by atoms with E-state index in [4.69, 9.17) is 0 Å². The highest BCUT2D eigenvalue weighted by Crippen LogP contribution is 2.18. The van der Waals surface area contributed by atoms with Crippen molar-refractivity contribution in [2.45, 2.75) is 25.6 Å². The van der Waals surface area contributed by atoms with E-state index in [0.29, 0.717) is 11.3 Å². The first kappa shape index (κ1) is 15.3. The molecule has 0 radical (unpaired) electrons. The van der Waals surface area contributed by atoms with E-state index >= 15 is 0 Å². The number of rotatable bonds is 4. The highest BCUT2D eigenvalue weighted by atomic mass is 19.4. The number of carbonyl (C=O) groups excluding carboxylic acids is 1. The summed E-state index contributed by atoms with van der Waals surface area (Å²) in [5, 5.41) is 13.9. The first-order valence-electron chi connectivity index (χ1n) is 5.67. The third-order valence-electron chi connectivity index (χ3n) is 2.32. The van der Waals surface area contributed by atoms with Gasteiger partial charge < -0.3 is 15.7 Å². The Morgan fingerprint density at radius 1 is 1.42 bits per heavy atom. The third-order valence-corrected chi connectivity index (χ3v) is 2.32. The van der Waals surface area contributed by atoms with Crippen molar-refractivity contribution >= 4 is 11.7 Å². The Kier molecular flexibility index (Phi) is 5.17. The number of anilines is 1. The lowest BCUT2D eigenvalue weighted by Gasteiger charge is -2.11. The number of alkyl halides is 3.